The highest BCUT2D eigenvalue weighted by Crippen LogP contribution is 2.71. The Hall–Kier alpha value is -2.57. The third-order valence-electron chi connectivity index (χ3n) is 7.91. The molecule has 2 aliphatic rings. The van der Waals surface area contributed by atoms with Crippen molar-refractivity contribution in [1.29, 1.82) is 0 Å². The molecular formula is C25H26Cl2N2O4. The molecule has 0 aromatic heterocycles. The summed E-state index contributed by atoms with van der Waals surface area (Å²) >= 11 is 12.0. The third-order valence-corrected chi connectivity index (χ3v) is 8.45. The van der Waals surface area contributed by atoms with E-state index < -0.39 is 11.4 Å². The second kappa shape index (κ2) is 8.33. The zero-order valence-corrected chi connectivity index (χ0v) is 20.5. The minimum Gasteiger partial charge on any atom is -0.497 e. The molecule has 0 saturated heterocycles. The Bertz CT molecular complexity index is 1150. The summed E-state index contributed by atoms with van der Waals surface area (Å²) in [6.45, 7) is 6.27. The molecule has 1 amide bonds. The van der Waals surface area contributed by atoms with E-state index in [1.807, 2.05) is 12.1 Å². The highest BCUT2D eigenvalue weighted by Gasteiger charge is 2.71. The van der Waals surface area contributed by atoms with E-state index in [0.29, 0.717) is 22.8 Å². The van der Waals surface area contributed by atoms with E-state index in [1.165, 1.54) is 12.1 Å². The molecule has 2 fully saturated rings. The number of rotatable bonds is 5. The smallest absolute Gasteiger partial charge is 0.367 e. The van der Waals surface area contributed by atoms with E-state index in [2.05, 4.69) is 31.2 Å². The summed E-state index contributed by atoms with van der Waals surface area (Å²) in [7, 11) is 1.60. The molecule has 2 unspecified atom stereocenters. The topological polar surface area (TPSA) is 77.0 Å². The number of nitrogens with zero attached hydrogens (tertiary/aromatic N) is 1. The first-order valence-corrected chi connectivity index (χ1v) is 11.5. The van der Waals surface area contributed by atoms with Crippen molar-refractivity contribution in [1.82, 2.24) is 0 Å². The van der Waals surface area contributed by atoms with Crippen molar-refractivity contribution < 1.29 is 19.2 Å². The number of fused-ring (bicyclic) bond motifs is 2. The Kier molecular flexibility index (Phi) is 5.95. The molecule has 1 N–H and O–H groups in total. The number of benzene rings is 2. The molecule has 6 nitrogen and oxygen atoms in total. The highest BCUT2D eigenvalue weighted by atomic mass is 35.5. The first-order chi connectivity index (χ1) is 15.5. The fraction of sp³-hybridized carbons (Fsp3) is 0.400. The molecule has 0 heterocycles. The first-order valence-electron chi connectivity index (χ1n) is 10.7. The van der Waals surface area contributed by atoms with Gasteiger partial charge in [-0.2, -0.15) is 0 Å². The fourth-order valence-corrected chi connectivity index (χ4v) is 5.73. The number of hydrogen-bond acceptors (Lipinski definition) is 5. The maximum Gasteiger partial charge on any atom is 0.367 e. The summed E-state index contributed by atoms with van der Waals surface area (Å²) < 4.78 is 5.19. The number of carbonyl (C=O) groups is 2. The Morgan fingerprint density at radius 1 is 1.03 bits per heavy atom. The molecule has 2 aromatic carbocycles. The van der Waals surface area contributed by atoms with Gasteiger partial charge in [-0.05, 0) is 60.7 Å². The van der Waals surface area contributed by atoms with Gasteiger partial charge in [0.25, 0.3) is 0 Å². The number of anilines is 1. The van der Waals surface area contributed by atoms with Gasteiger partial charge in [-0.15, -0.1) is 0 Å². The molecule has 174 valence electrons. The van der Waals surface area contributed by atoms with Crippen LogP contribution in [0.3, 0.4) is 0 Å². The summed E-state index contributed by atoms with van der Waals surface area (Å²) in [6.07, 6.45) is 1.92. The average Bonchev–Trinajstić information content (AvgIpc) is 3.08. The van der Waals surface area contributed by atoms with Crippen LogP contribution in [-0.2, 0) is 9.63 Å². The quantitative estimate of drug-likeness (QED) is 0.391. The molecule has 4 rings (SSSR count). The molecule has 2 aromatic rings. The predicted octanol–water partition coefficient (Wildman–Crippen LogP) is 6.37. The van der Waals surface area contributed by atoms with Gasteiger partial charge in [-0.1, -0.05) is 49.1 Å². The van der Waals surface area contributed by atoms with Gasteiger partial charge in [0, 0.05) is 22.5 Å². The number of methoxy groups -OCH3 is 1. The molecule has 33 heavy (non-hydrogen) atoms. The predicted molar refractivity (Wildman–Crippen MR) is 129 cm³/mol. The van der Waals surface area contributed by atoms with Crippen molar-refractivity contribution in [3.63, 3.8) is 0 Å². The van der Waals surface area contributed by atoms with Crippen LogP contribution in [0.25, 0.3) is 0 Å². The summed E-state index contributed by atoms with van der Waals surface area (Å²) in [4.78, 5) is 31.4. The molecule has 2 saturated carbocycles. The van der Waals surface area contributed by atoms with Gasteiger partial charge < -0.3 is 14.9 Å². The van der Waals surface area contributed by atoms with Gasteiger partial charge in [0.1, 0.15) is 5.75 Å². The molecule has 0 spiro atoms. The van der Waals surface area contributed by atoms with E-state index in [9.17, 15) is 9.59 Å². The van der Waals surface area contributed by atoms with E-state index >= 15 is 0 Å². The van der Waals surface area contributed by atoms with Crippen molar-refractivity contribution in [2.75, 3.05) is 12.4 Å². The van der Waals surface area contributed by atoms with E-state index in [4.69, 9.17) is 32.8 Å². The maximum absolute atomic E-state index is 13.6. The molecule has 0 aliphatic heterocycles. The summed E-state index contributed by atoms with van der Waals surface area (Å²) in [5.41, 5.74) is 0.166. The molecule has 8 heteroatoms. The molecule has 0 radical (unpaired) electrons. The summed E-state index contributed by atoms with van der Waals surface area (Å²) in [5, 5.41) is 7.94. The van der Waals surface area contributed by atoms with Crippen LogP contribution in [0.15, 0.2) is 47.6 Å². The van der Waals surface area contributed by atoms with Crippen molar-refractivity contribution in [3.8, 4) is 5.75 Å². The van der Waals surface area contributed by atoms with Crippen LogP contribution >= 0.6 is 23.2 Å². The molecular weight excluding hydrogens is 463 g/mol. The number of nitrogens with one attached hydrogen (secondary N) is 1. The van der Waals surface area contributed by atoms with Gasteiger partial charge >= 0.3 is 5.97 Å². The zero-order valence-electron chi connectivity index (χ0n) is 19.0. The lowest BCUT2D eigenvalue weighted by molar-refractivity contribution is -0.130. The Balaban J connectivity index is 1.57. The number of amides is 1. The number of carbonyl (C=O) groups excluding carboxylic acids is 2. The fourth-order valence-electron chi connectivity index (χ4n) is 5.25. The van der Waals surface area contributed by atoms with E-state index in [-0.39, 0.29) is 27.3 Å². The Morgan fingerprint density at radius 3 is 2.36 bits per heavy atom. The average molecular weight is 489 g/mol. The zero-order chi connectivity index (χ0) is 24.0. The standard InChI is InChI=1S/C25H26Cl2N2O4/c1-23(2)24(3)11-12-25(23,22(31)28-16-6-8-17(32-4)9-7-16)14-20(24)29-33-21(30)18-10-5-15(26)13-19(18)27/h5-10,13H,11-12,14H2,1-4H3,(H,28,31). The van der Waals surface area contributed by atoms with E-state index in [1.54, 1.807) is 25.3 Å². The maximum atomic E-state index is 13.6. The van der Waals surface area contributed by atoms with Crippen LogP contribution in [0, 0.1) is 16.2 Å². The van der Waals surface area contributed by atoms with Crippen molar-refractivity contribution in [3.05, 3.63) is 58.1 Å². The summed E-state index contributed by atoms with van der Waals surface area (Å²) in [5.74, 6) is 0.00145. The van der Waals surface area contributed by atoms with Crippen molar-refractivity contribution >= 4 is 46.5 Å². The van der Waals surface area contributed by atoms with Crippen LogP contribution in [0.1, 0.15) is 50.4 Å². The van der Waals surface area contributed by atoms with Crippen LogP contribution in [-0.4, -0.2) is 24.7 Å². The lowest BCUT2D eigenvalue weighted by Gasteiger charge is -2.39. The molecule has 2 aliphatic carbocycles. The molecule has 2 atom stereocenters. The SMILES string of the molecule is COc1ccc(NC(=O)C23CCC(C)(C(=NOC(=O)c4ccc(Cl)cc4Cl)C2)C3(C)C)cc1. The minimum absolute atomic E-state index is 0.0568. The largest absolute Gasteiger partial charge is 0.497 e. The highest BCUT2D eigenvalue weighted by molar-refractivity contribution is 6.36. The Labute approximate surface area is 203 Å². The van der Waals surface area contributed by atoms with Crippen LogP contribution in [0.2, 0.25) is 10.0 Å². The van der Waals surface area contributed by atoms with E-state index in [0.717, 1.165) is 18.6 Å². The van der Waals surface area contributed by atoms with Crippen LogP contribution in [0.5, 0.6) is 5.75 Å². The van der Waals surface area contributed by atoms with Gasteiger partial charge in [-0.3, -0.25) is 4.79 Å². The van der Waals surface area contributed by atoms with Crippen molar-refractivity contribution in [2.45, 2.75) is 40.0 Å². The van der Waals surface area contributed by atoms with Gasteiger partial charge in [0.05, 0.1) is 28.8 Å². The van der Waals surface area contributed by atoms with Gasteiger partial charge in [0.15, 0.2) is 0 Å². The Morgan fingerprint density at radius 2 is 1.73 bits per heavy atom. The third kappa shape index (κ3) is 3.69. The van der Waals surface area contributed by atoms with Gasteiger partial charge in [-0.25, -0.2) is 4.79 Å². The second-order valence-electron chi connectivity index (χ2n) is 9.44. The second-order valence-corrected chi connectivity index (χ2v) is 10.3. The number of hydrogen-bond donors (Lipinski definition) is 1. The number of oxime groups is 1. The van der Waals surface area contributed by atoms with Gasteiger partial charge in [0.2, 0.25) is 5.91 Å². The van der Waals surface area contributed by atoms with Crippen molar-refractivity contribution in [2.24, 2.45) is 21.4 Å². The van der Waals surface area contributed by atoms with Crippen LogP contribution in [0.4, 0.5) is 5.69 Å². The normalized spacial score (nSPS) is 26.3. The minimum atomic E-state index is -0.662. The number of halogens is 2. The first kappa shape index (κ1) is 23.6. The molecule has 2 bridgehead atoms. The summed E-state index contributed by atoms with van der Waals surface area (Å²) in [6, 6.07) is 11.8. The lowest BCUT2D eigenvalue weighted by atomic mass is 9.64. The number of ether oxygens (including phenoxy) is 1. The monoisotopic (exact) mass is 488 g/mol. The lowest BCUT2D eigenvalue weighted by Crippen LogP contribution is -2.43. The van der Waals surface area contributed by atoms with Crippen LogP contribution < -0.4 is 10.1 Å².